The van der Waals surface area contributed by atoms with Gasteiger partial charge in [0.1, 0.15) is 11.3 Å². The maximum Gasteiger partial charge on any atom is 0.112 e. The van der Waals surface area contributed by atoms with Gasteiger partial charge in [0.15, 0.2) is 0 Å². The Morgan fingerprint density at radius 1 is 1.47 bits per heavy atom. The van der Waals surface area contributed by atoms with Gasteiger partial charge in [0.2, 0.25) is 0 Å². The third-order valence-electron chi connectivity index (χ3n) is 2.86. The Morgan fingerprint density at radius 2 is 2.27 bits per heavy atom. The van der Waals surface area contributed by atoms with Crippen LogP contribution in [-0.2, 0) is 0 Å². The SMILES string of the molecule is Cc1nc2c(N3CC(N)C3)cccc2[nH]1. The summed E-state index contributed by atoms with van der Waals surface area (Å²) in [5.74, 6) is 0.960. The lowest BCUT2D eigenvalue weighted by Crippen LogP contribution is -2.55. The van der Waals surface area contributed by atoms with Crippen molar-refractivity contribution in [1.82, 2.24) is 9.97 Å². The minimum Gasteiger partial charge on any atom is -0.366 e. The number of anilines is 1. The standard InChI is InChI=1S/C11H14N4/c1-7-13-9-3-2-4-10(11(9)14-7)15-5-8(12)6-15/h2-4,8H,5-6,12H2,1H3,(H,13,14). The summed E-state index contributed by atoms with van der Waals surface area (Å²) in [4.78, 5) is 10.0. The molecule has 2 heterocycles. The number of rotatable bonds is 1. The maximum absolute atomic E-state index is 5.79. The summed E-state index contributed by atoms with van der Waals surface area (Å²) in [6, 6.07) is 6.53. The number of fused-ring (bicyclic) bond motifs is 1. The number of nitrogens with zero attached hydrogens (tertiary/aromatic N) is 2. The summed E-state index contributed by atoms with van der Waals surface area (Å²) in [6.45, 7) is 3.85. The van der Waals surface area contributed by atoms with Gasteiger partial charge in [-0.25, -0.2) is 4.98 Å². The van der Waals surface area contributed by atoms with Gasteiger partial charge in [0, 0.05) is 19.1 Å². The molecule has 1 aliphatic heterocycles. The Hall–Kier alpha value is -1.55. The first-order valence-corrected chi connectivity index (χ1v) is 5.20. The molecule has 0 unspecified atom stereocenters. The van der Waals surface area contributed by atoms with E-state index < -0.39 is 0 Å². The second-order valence-electron chi connectivity index (χ2n) is 4.16. The van der Waals surface area contributed by atoms with Crippen molar-refractivity contribution in [3.63, 3.8) is 0 Å². The van der Waals surface area contributed by atoms with Crippen molar-refractivity contribution < 1.29 is 0 Å². The van der Waals surface area contributed by atoms with E-state index in [-0.39, 0.29) is 0 Å². The summed E-state index contributed by atoms with van der Waals surface area (Å²) < 4.78 is 0. The molecule has 0 bridgehead atoms. The average molecular weight is 202 g/mol. The van der Waals surface area contributed by atoms with Crippen LogP contribution in [0.5, 0.6) is 0 Å². The number of hydrogen-bond acceptors (Lipinski definition) is 3. The number of hydrogen-bond donors (Lipinski definition) is 2. The maximum atomic E-state index is 5.79. The van der Waals surface area contributed by atoms with Gasteiger partial charge in [-0.05, 0) is 19.1 Å². The van der Waals surface area contributed by atoms with E-state index in [1.807, 2.05) is 6.92 Å². The molecule has 4 nitrogen and oxygen atoms in total. The van der Waals surface area contributed by atoms with Crippen LogP contribution in [0.3, 0.4) is 0 Å². The Kier molecular flexibility index (Phi) is 1.73. The number of nitrogens with two attached hydrogens (primary N) is 1. The molecule has 4 heteroatoms. The van der Waals surface area contributed by atoms with Crippen LogP contribution in [0.1, 0.15) is 5.82 Å². The average Bonchev–Trinajstić information content (AvgIpc) is 2.53. The molecule has 1 fully saturated rings. The highest BCUT2D eigenvalue weighted by molar-refractivity contribution is 5.89. The van der Waals surface area contributed by atoms with E-state index in [1.54, 1.807) is 0 Å². The van der Waals surface area contributed by atoms with E-state index in [4.69, 9.17) is 5.73 Å². The molecule has 1 saturated heterocycles. The summed E-state index contributed by atoms with van der Waals surface area (Å²) in [5, 5.41) is 0. The van der Waals surface area contributed by atoms with Gasteiger partial charge < -0.3 is 15.6 Å². The highest BCUT2D eigenvalue weighted by Gasteiger charge is 2.25. The van der Waals surface area contributed by atoms with E-state index in [0.717, 1.165) is 29.9 Å². The first-order valence-electron chi connectivity index (χ1n) is 5.20. The lowest BCUT2D eigenvalue weighted by Gasteiger charge is -2.38. The van der Waals surface area contributed by atoms with Gasteiger partial charge in [0.05, 0.1) is 11.2 Å². The molecule has 0 radical (unpaired) electrons. The van der Waals surface area contributed by atoms with E-state index in [9.17, 15) is 0 Å². The Labute approximate surface area is 88.1 Å². The fourth-order valence-electron chi connectivity index (χ4n) is 2.10. The van der Waals surface area contributed by atoms with Crippen molar-refractivity contribution in [2.75, 3.05) is 18.0 Å². The van der Waals surface area contributed by atoms with Gasteiger partial charge >= 0.3 is 0 Å². The second-order valence-corrected chi connectivity index (χ2v) is 4.16. The molecule has 0 aliphatic carbocycles. The molecule has 1 aromatic carbocycles. The molecule has 1 aromatic heterocycles. The van der Waals surface area contributed by atoms with Crippen LogP contribution in [0.2, 0.25) is 0 Å². The number of nitrogens with one attached hydrogen (secondary N) is 1. The zero-order valence-corrected chi connectivity index (χ0v) is 8.70. The van der Waals surface area contributed by atoms with Crippen molar-refractivity contribution in [3.8, 4) is 0 Å². The number of aryl methyl sites for hydroxylation is 1. The number of para-hydroxylation sites is 1. The number of H-pyrrole nitrogens is 1. The second kappa shape index (κ2) is 2.97. The predicted octanol–water partition coefficient (Wildman–Crippen LogP) is 1.02. The molecule has 78 valence electrons. The Morgan fingerprint density at radius 3 is 3.00 bits per heavy atom. The minimum absolute atomic E-state index is 0.320. The van der Waals surface area contributed by atoms with Gasteiger partial charge in [-0.1, -0.05) is 6.07 Å². The largest absolute Gasteiger partial charge is 0.366 e. The topological polar surface area (TPSA) is 57.9 Å². The molecule has 3 rings (SSSR count). The van der Waals surface area contributed by atoms with Crippen molar-refractivity contribution in [2.24, 2.45) is 5.73 Å². The van der Waals surface area contributed by atoms with Gasteiger partial charge in [-0.3, -0.25) is 0 Å². The molecule has 0 amide bonds. The number of aromatic nitrogens is 2. The highest BCUT2D eigenvalue weighted by atomic mass is 15.2. The van der Waals surface area contributed by atoms with E-state index in [1.165, 1.54) is 5.69 Å². The Balaban J connectivity index is 2.09. The number of benzene rings is 1. The van der Waals surface area contributed by atoms with Crippen LogP contribution in [-0.4, -0.2) is 29.1 Å². The molecule has 0 spiro atoms. The lowest BCUT2D eigenvalue weighted by molar-refractivity contribution is 0.521. The van der Waals surface area contributed by atoms with Crippen LogP contribution < -0.4 is 10.6 Å². The summed E-state index contributed by atoms with van der Waals surface area (Å²) in [6.07, 6.45) is 0. The number of imidazole rings is 1. The van der Waals surface area contributed by atoms with Gasteiger partial charge in [-0.15, -0.1) is 0 Å². The molecular weight excluding hydrogens is 188 g/mol. The zero-order valence-electron chi connectivity index (χ0n) is 8.70. The van der Waals surface area contributed by atoms with Crippen LogP contribution in [0.15, 0.2) is 18.2 Å². The fraction of sp³-hybridized carbons (Fsp3) is 0.364. The van der Waals surface area contributed by atoms with Gasteiger partial charge in [-0.2, -0.15) is 0 Å². The summed E-state index contributed by atoms with van der Waals surface area (Å²) in [7, 11) is 0. The summed E-state index contributed by atoms with van der Waals surface area (Å²) in [5.41, 5.74) is 9.14. The van der Waals surface area contributed by atoms with E-state index in [2.05, 4.69) is 33.1 Å². The zero-order chi connectivity index (χ0) is 10.4. The van der Waals surface area contributed by atoms with E-state index >= 15 is 0 Å². The first kappa shape index (κ1) is 8.73. The lowest BCUT2D eigenvalue weighted by atomic mass is 10.1. The molecule has 15 heavy (non-hydrogen) atoms. The monoisotopic (exact) mass is 202 g/mol. The fourth-order valence-corrected chi connectivity index (χ4v) is 2.10. The molecule has 0 saturated carbocycles. The Bertz CT molecular complexity index is 496. The summed E-state index contributed by atoms with van der Waals surface area (Å²) >= 11 is 0. The molecule has 0 atom stereocenters. The van der Waals surface area contributed by atoms with Crippen LogP contribution in [0, 0.1) is 6.92 Å². The molecular formula is C11H14N4. The van der Waals surface area contributed by atoms with Crippen molar-refractivity contribution >= 4 is 16.7 Å². The third-order valence-corrected chi connectivity index (χ3v) is 2.86. The smallest absolute Gasteiger partial charge is 0.112 e. The van der Waals surface area contributed by atoms with Crippen LogP contribution in [0.4, 0.5) is 5.69 Å². The van der Waals surface area contributed by atoms with Crippen molar-refractivity contribution in [3.05, 3.63) is 24.0 Å². The quantitative estimate of drug-likeness (QED) is 0.725. The normalized spacial score (nSPS) is 17.1. The van der Waals surface area contributed by atoms with Crippen molar-refractivity contribution in [2.45, 2.75) is 13.0 Å². The van der Waals surface area contributed by atoms with Crippen LogP contribution >= 0.6 is 0 Å². The number of aromatic amines is 1. The predicted molar refractivity (Wildman–Crippen MR) is 61.0 cm³/mol. The molecule has 1 aliphatic rings. The highest BCUT2D eigenvalue weighted by Crippen LogP contribution is 2.27. The van der Waals surface area contributed by atoms with Gasteiger partial charge in [0.25, 0.3) is 0 Å². The first-order chi connectivity index (χ1) is 7.24. The van der Waals surface area contributed by atoms with E-state index in [0.29, 0.717) is 6.04 Å². The van der Waals surface area contributed by atoms with Crippen molar-refractivity contribution in [1.29, 1.82) is 0 Å². The molecule has 3 N–H and O–H groups in total. The minimum atomic E-state index is 0.320. The third kappa shape index (κ3) is 1.29. The molecule has 2 aromatic rings. The van der Waals surface area contributed by atoms with Crippen LogP contribution in [0.25, 0.3) is 11.0 Å².